The summed E-state index contributed by atoms with van der Waals surface area (Å²) >= 11 is 0. The number of hydrogen-bond acceptors (Lipinski definition) is 4. The van der Waals surface area contributed by atoms with Crippen LogP contribution in [0.1, 0.15) is 27.2 Å². The second-order valence-corrected chi connectivity index (χ2v) is 6.23. The Balaban J connectivity index is 2.68. The molecule has 1 aliphatic rings. The van der Waals surface area contributed by atoms with Crippen LogP contribution in [0.3, 0.4) is 0 Å². The molecule has 0 heterocycles. The lowest BCUT2D eigenvalue weighted by Gasteiger charge is -2.23. The summed E-state index contributed by atoms with van der Waals surface area (Å²) in [5.41, 5.74) is -2.42. The fraction of sp³-hybridized carbons (Fsp3) is 0.846. The fourth-order valence-electron chi connectivity index (χ4n) is 1.95. The van der Waals surface area contributed by atoms with Crippen LogP contribution in [-0.2, 0) is 14.3 Å². The number of alkyl halides is 2. The molecule has 1 aliphatic carbocycles. The van der Waals surface area contributed by atoms with Gasteiger partial charge >= 0.3 is 12.1 Å². The number of ether oxygens (including phenoxy) is 2. The minimum absolute atomic E-state index is 0.130. The van der Waals surface area contributed by atoms with Crippen LogP contribution in [0.25, 0.3) is 0 Å². The maximum Gasteiger partial charge on any atom is 0.408 e. The summed E-state index contributed by atoms with van der Waals surface area (Å²) in [6.45, 7) is 7.02. The van der Waals surface area contributed by atoms with E-state index in [1.165, 1.54) is 0 Å². The molecule has 5 nitrogen and oxygen atoms in total. The summed E-state index contributed by atoms with van der Waals surface area (Å²) in [7, 11) is 0.818. The van der Waals surface area contributed by atoms with Gasteiger partial charge in [-0.15, -0.1) is 0 Å². The molecule has 1 amide bonds. The lowest BCUT2D eigenvalue weighted by Crippen LogP contribution is -2.48. The van der Waals surface area contributed by atoms with Crippen LogP contribution in [0.15, 0.2) is 0 Å². The Morgan fingerprint density at radius 3 is 2.48 bits per heavy atom. The van der Waals surface area contributed by atoms with Crippen LogP contribution in [-0.4, -0.2) is 43.5 Å². The van der Waals surface area contributed by atoms with Gasteiger partial charge < -0.3 is 14.8 Å². The maximum absolute atomic E-state index is 12.9. The van der Waals surface area contributed by atoms with E-state index in [-0.39, 0.29) is 13.0 Å². The minimum Gasteiger partial charge on any atom is -0.465 e. The van der Waals surface area contributed by atoms with Crippen LogP contribution in [0.4, 0.5) is 13.6 Å². The van der Waals surface area contributed by atoms with E-state index < -0.39 is 35.5 Å². The van der Waals surface area contributed by atoms with Gasteiger partial charge in [0.05, 0.1) is 12.5 Å². The molecule has 0 aromatic rings. The lowest BCUT2D eigenvalue weighted by atomic mass is 9.79. The molecule has 0 radical (unpaired) electrons. The molecule has 1 rings (SSSR count). The van der Waals surface area contributed by atoms with Gasteiger partial charge in [-0.3, -0.25) is 0 Å². The van der Waals surface area contributed by atoms with Gasteiger partial charge in [0.2, 0.25) is 6.43 Å². The number of rotatable bonds is 6. The first-order valence-corrected chi connectivity index (χ1v) is 7.09. The maximum atomic E-state index is 12.9. The molecular weight excluding hydrogens is 283 g/mol. The van der Waals surface area contributed by atoms with E-state index in [1.54, 1.807) is 20.8 Å². The molecule has 1 N–H and O–H groups in total. The van der Waals surface area contributed by atoms with Gasteiger partial charge in [-0.25, -0.2) is 18.4 Å². The largest absolute Gasteiger partial charge is 0.465 e. The molecule has 0 saturated heterocycles. The first-order chi connectivity index (χ1) is 9.62. The predicted molar refractivity (Wildman–Crippen MR) is 75.0 cm³/mol. The number of nitrogens with one attached hydrogen (secondary N) is 1. The second kappa shape index (κ2) is 6.62. The first kappa shape index (κ1) is 17.7. The van der Waals surface area contributed by atoms with Gasteiger partial charge in [0.25, 0.3) is 0 Å². The number of esters is 1. The minimum atomic E-state index is -2.70. The van der Waals surface area contributed by atoms with E-state index in [0.29, 0.717) is 6.32 Å². The first-order valence-electron chi connectivity index (χ1n) is 7.09. The monoisotopic (exact) mass is 305 g/mol. The van der Waals surface area contributed by atoms with Crippen molar-refractivity contribution in [3.05, 3.63) is 0 Å². The molecule has 2 atom stereocenters. The molecule has 0 aromatic heterocycles. The molecule has 0 bridgehead atoms. The highest BCUT2D eigenvalue weighted by molar-refractivity contribution is 6.33. The summed E-state index contributed by atoms with van der Waals surface area (Å²) in [5, 5.41) is 2.27. The molecule has 120 valence electrons. The lowest BCUT2D eigenvalue weighted by molar-refractivity contribution is -0.148. The summed E-state index contributed by atoms with van der Waals surface area (Å²) < 4.78 is 35.7. The Morgan fingerprint density at radius 1 is 1.43 bits per heavy atom. The zero-order valence-corrected chi connectivity index (χ0v) is 12.9. The third-order valence-electron chi connectivity index (χ3n) is 3.14. The van der Waals surface area contributed by atoms with Crippen molar-refractivity contribution in [3.63, 3.8) is 0 Å². The standard InChI is InChI=1S/C13H22BF2NO4/c1-12(2,3)21-11(19)17-13(7-8(13)9(15)16)10(18)20-6-5-14-4/h8-9,14H,5-7H2,1-4H3,(H,17,19). The average molecular weight is 305 g/mol. The number of carbonyl (C=O) groups is 2. The van der Waals surface area contributed by atoms with Gasteiger partial charge in [-0.2, -0.15) is 0 Å². The zero-order chi connectivity index (χ0) is 16.3. The van der Waals surface area contributed by atoms with Crippen molar-refractivity contribution >= 4 is 19.3 Å². The molecule has 1 saturated carbocycles. The van der Waals surface area contributed by atoms with Crippen LogP contribution in [0.5, 0.6) is 0 Å². The van der Waals surface area contributed by atoms with E-state index in [4.69, 9.17) is 9.47 Å². The molecule has 2 unspecified atom stereocenters. The second-order valence-electron chi connectivity index (χ2n) is 6.23. The average Bonchev–Trinajstić information content (AvgIpc) is 3.02. The molecular formula is C13H22BF2NO4. The third kappa shape index (κ3) is 4.86. The molecule has 0 aliphatic heterocycles. The van der Waals surface area contributed by atoms with E-state index >= 15 is 0 Å². The Hall–Kier alpha value is -1.34. The Bertz CT molecular complexity index is 400. The number of alkyl carbamates (subject to hydrolysis) is 1. The van der Waals surface area contributed by atoms with Crippen LogP contribution in [0, 0.1) is 5.92 Å². The van der Waals surface area contributed by atoms with Crippen molar-refractivity contribution in [1.82, 2.24) is 5.32 Å². The molecule has 8 heteroatoms. The van der Waals surface area contributed by atoms with Crippen LogP contribution >= 0.6 is 0 Å². The Kier molecular flexibility index (Phi) is 5.58. The number of carbonyl (C=O) groups excluding carboxylic acids is 2. The van der Waals surface area contributed by atoms with Gasteiger partial charge in [0.15, 0.2) is 0 Å². The normalized spacial score (nSPS) is 24.4. The number of amides is 1. The zero-order valence-electron chi connectivity index (χ0n) is 12.9. The Morgan fingerprint density at radius 2 is 2.05 bits per heavy atom. The van der Waals surface area contributed by atoms with Crippen LogP contribution < -0.4 is 5.32 Å². The van der Waals surface area contributed by atoms with Gasteiger partial charge in [-0.1, -0.05) is 6.82 Å². The number of hydrogen-bond donors (Lipinski definition) is 1. The van der Waals surface area contributed by atoms with Crippen molar-refractivity contribution in [3.8, 4) is 0 Å². The van der Waals surface area contributed by atoms with Crippen molar-refractivity contribution in [2.45, 2.75) is 57.9 Å². The van der Waals surface area contributed by atoms with E-state index in [1.807, 2.05) is 6.82 Å². The van der Waals surface area contributed by atoms with Gasteiger partial charge in [-0.05, 0) is 33.5 Å². The predicted octanol–water partition coefficient (Wildman–Crippen LogP) is 1.98. The summed E-state index contributed by atoms with van der Waals surface area (Å²) in [5.74, 6) is -2.04. The van der Waals surface area contributed by atoms with Gasteiger partial charge in [0, 0.05) is 0 Å². The molecule has 21 heavy (non-hydrogen) atoms. The highest BCUT2D eigenvalue weighted by Gasteiger charge is 2.67. The SMILES string of the molecule is CBCCOC(=O)C1(NC(=O)OC(C)(C)C)CC1C(F)F. The van der Waals surface area contributed by atoms with Gasteiger partial charge in [0.1, 0.15) is 18.4 Å². The fourth-order valence-corrected chi connectivity index (χ4v) is 1.95. The van der Waals surface area contributed by atoms with Crippen LogP contribution in [0.2, 0.25) is 13.1 Å². The quantitative estimate of drug-likeness (QED) is 0.463. The van der Waals surface area contributed by atoms with Crippen molar-refractivity contribution in [1.29, 1.82) is 0 Å². The van der Waals surface area contributed by atoms with E-state index in [9.17, 15) is 18.4 Å². The number of halogens is 2. The molecule has 0 spiro atoms. The summed E-state index contributed by atoms with van der Waals surface area (Å²) in [6, 6.07) is 0. The molecule has 1 fully saturated rings. The summed E-state index contributed by atoms with van der Waals surface area (Å²) in [6.07, 6.45) is -3.07. The third-order valence-corrected chi connectivity index (χ3v) is 3.14. The smallest absolute Gasteiger partial charge is 0.408 e. The highest BCUT2D eigenvalue weighted by Crippen LogP contribution is 2.48. The topological polar surface area (TPSA) is 64.6 Å². The highest BCUT2D eigenvalue weighted by atomic mass is 19.3. The molecule has 0 aromatic carbocycles. The summed E-state index contributed by atoms with van der Waals surface area (Å²) in [4.78, 5) is 23.7. The van der Waals surface area contributed by atoms with Crippen molar-refractivity contribution in [2.75, 3.05) is 6.61 Å². The Labute approximate surface area is 124 Å². The van der Waals surface area contributed by atoms with E-state index in [0.717, 1.165) is 7.28 Å². The van der Waals surface area contributed by atoms with E-state index in [2.05, 4.69) is 5.32 Å². The van der Waals surface area contributed by atoms with Crippen molar-refractivity contribution in [2.24, 2.45) is 5.92 Å². The van der Waals surface area contributed by atoms with Crippen molar-refractivity contribution < 1.29 is 27.8 Å².